The molecule has 3 amide bonds. The average molecular weight is 331 g/mol. The van der Waals surface area contributed by atoms with E-state index in [9.17, 15) is 14.4 Å². The molecule has 1 saturated heterocycles. The third-order valence-corrected chi connectivity index (χ3v) is 4.59. The molecule has 0 aliphatic carbocycles. The lowest BCUT2D eigenvalue weighted by Crippen LogP contribution is -2.42. The number of carbonyl (C=O) groups excluding carboxylic acids is 3. The molecule has 2 aliphatic heterocycles. The molecule has 0 spiro atoms. The minimum absolute atomic E-state index is 0.143. The summed E-state index contributed by atoms with van der Waals surface area (Å²) in [6.45, 7) is 4.05. The monoisotopic (exact) mass is 331 g/mol. The number of hydrogen-bond donors (Lipinski definition) is 1. The Labute approximate surface area is 140 Å². The van der Waals surface area contributed by atoms with Gasteiger partial charge in [0.15, 0.2) is 0 Å². The van der Waals surface area contributed by atoms with E-state index in [1.165, 1.54) is 6.92 Å². The number of fused-ring (bicyclic) bond motifs is 1. The Balaban J connectivity index is 1.87. The summed E-state index contributed by atoms with van der Waals surface area (Å²) in [6, 6.07) is 5.57. The lowest BCUT2D eigenvalue weighted by atomic mass is 9.96. The van der Waals surface area contributed by atoms with E-state index in [1.807, 2.05) is 25.1 Å². The van der Waals surface area contributed by atoms with Crippen molar-refractivity contribution >= 4 is 29.8 Å². The van der Waals surface area contributed by atoms with Crippen LogP contribution in [0.5, 0.6) is 0 Å². The maximum atomic E-state index is 12.1. The first-order valence-corrected chi connectivity index (χ1v) is 8.08. The van der Waals surface area contributed by atoms with Gasteiger partial charge >= 0.3 is 6.09 Å². The minimum Gasteiger partial charge on any atom is -0.447 e. The Morgan fingerprint density at radius 3 is 2.96 bits per heavy atom. The van der Waals surface area contributed by atoms with Gasteiger partial charge in [-0.3, -0.25) is 14.5 Å². The molecule has 0 bridgehead atoms. The minimum atomic E-state index is -0.415. The molecule has 1 fully saturated rings. The summed E-state index contributed by atoms with van der Waals surface area (Å²) in [6.07, 6.45) is 2.18. The summed E-state index contributed by atoms with van der Waals surface area (Å²) < 4.78 is 5.14. The molecular weight excluding hydrogens is 310 g/mol. The van der Waals surface area contributed by atoms with Crippen LogP contribution in [0.25, 0.3) is 0 Å². The molecule has 1 N–H and O–H groups in total. The molecule has 0 saturated carbocycles. The highest BCUT2D eigenvalue weighted by atomic mass is 16.6. The smallest absolute Gasteiger partial charge is 0.414 e. The summed E-state index contributed by atoms with van der Waals surface area (Å²) in [5.74, 6) is -0.143. The molecule has 7 heteroatoms. The van der Waals surface area contributed by atoms with Gasteiger partial charge in [0, 0.05) is 30.9 Å². The van der Waals surface area contributed by atoms with Gasteiger partial charge in [0.2, 0.25) is 12.3 Å². The Hall–Kier alpha value is -2.57. The predicted octanol–water partition coefficient (Wildman–Crippen LogP) is 1.45. The lowest BCUT2D eigenvalue weighted by Gasteiger charge is -2.33. The van der Waals surface area contributed by atoms with Crippen LogP contribution in [-0.2, 0) is 20.7 Å². The van der Waals surface area contributed by atoms with Crippen molar-refractivity contribution in [2.75, 3.05) is 23.0 Å². The first kappa shape index (κ1) is 16.3. The Morgan fingerprint density at radius 1 is 1.46 bits per heavy atom. The number of aryl methyl sites for hydroxylation is 1. The van der Waals surface area contributed by atoms with Gasteiger partial charge in [-0.15, -0.1) is 0 Å². The van der Waals surface area contributed by atoms with E-state index in [0.29, 0.717) is 6.54 Å². The van der Waals surface area contributed by atoms with Crippen molar-refractivity contribution in [1.29, 1.82) is 0 Å². The molecule has 1 unspecified atom stereocenters. The molecular formula is C17H21N3O4. The number of ether oxygens (including phenoxy) is 1. The van der Waals surface area contributed by atoms with Gasteiger partial charge < -0.3 is 15.0 Å². The zero-order chi connectivity index (χ0) is 17.3. The Kier molecular flexibility index (Phi) is 4.42. The molecule has 2 atom stereocenters. The maximum Gasteiger partial charge on any atom is 0.414 e. The first-order valence-electron chi connectivity index (χ1n) is 8.08. The van der Waals surface area contributed by atoms with Crippen LogP contribution in [0.2, 0.25) is 0 Å². The van der Waals surface area contributed by atoms with E-state index in [0.717, 1.165) is 36.2 Å². The van der Waals surface area contributed by atoms with Crippen LogP contribution in [0, 0.1) is 0 Å². The third kappa shape index (κ3) is 2.93. The van der Waals surface area contributed by atoms with Crippen molar-refractivity contribution in [2.24, 2.45) is 0 Å². The number of amides is 3. The van der Waals surface area contributed by atoms with Gasteiger partial charge in [-0.2, -0.15) is 0 Å². The van der Waals surface area contributed by atoms with E-state index in [4.69, 9.17) is 4.74 Å². The van der Waals surface area contributed by atoms with E-state index in [2.05, 4.69) is 5.32 Å². The quantitative estimate of drug-likeness (QED) is 0.847. The number of rotatable bonds is 4. The highest BCUT2D eigenvalue weighted by molar-refractivity contribution is 5.91. The number of nitrogens with one attached hydrogen (secondary N) is 1. The molecule has 3 rings (SSSR count). The van der Waals surface area contributed by atoms with E-state index >= 15 is 0 Å². The van der Waals surface area contributed by atoms with Crippen LogP contribution < -0.4 is 15.1 Å². The highest BCUT2D eigenvalue weighted by Crippen LogP contribution is 2.34. The molecule has 7 nitrogen and oxygen atoms in total. The molecule has 0 aromatic heterocycles. The number of carbonyl (C=O) groups is 3. The summed E-state index contributed by atoms with van der Waals surface area (Å²) in [4.78, 5) is 37.8. The number of hydrogen-bond acceptors (Lipinski definition) is 4. The van der Waals surface area contributed by atoms with Crippen LogP contribution in [0.3, 0.4) is 0 Å². The van der Waals surface area contributed by atoms with Crippen molar-refractivity contribution in [3.8, 4) is 0 Å². The van der Waals surface area contributed by atoms with Crippen molar-refractivity contribution in [3.05, 3.63) is 23.8 Å². The van der Waals surface area contributed by atoms with Crippen molar-refractivity contribution in [1.82, 2.24) is 5.32 Å². The van der Waals surface area contributed by atoms with Crippen LogP contribution in [-0.4, -0.2) is 43.6 Å². The summed E-state index contributed by atoms with van der Waals surface area (Å²) in [7, 11) is 0. The van der Waals surface area contributed by atoms with Crippen molar-refractivity contribution in [3.63, 3.8) is 0 Å². The Morgan fingerprint density at radius 2 is 2.25 bits per heavy atom. The second-order valence-electron chi connectivity index (χ2n) is 6.25. The van der Waals surface area contributed by atoms with Crippen LogP contribution in [0.4, 0.5) is 16.2 Å². The van der Waals surface area contributed by atoms with Crippen molar-refractivity contribution in [2.45, 2.75) is 38.8 Å². The lowest BCUT2D eigenvalue weighted by molar-refractivity contribution is -0.119. The molecule has 24 heavy (non-hydrogen) atoms. The molecule has 2 aliphatic rings. The highest BCUT2D eigenvalue weighted by Gasteiger charge is 2.35. The van der Waals surface area contributed by atoms with Crippen LogP contribution >= 0.6 is 0 Å². The van der Waals surface area contributed by atoms with Crippen LogP contribution in [0.15, 0.2) is 18.2 Å². The van der Waals surface area contributed by atoms with Gasteiger partial charge in [-0.05, 0) is 43.5 Å². The van der Waals surface area contributed by atoms with E-state index in [1.54, 1.807) is 9.80 Å². The van der Waals surface area contributed by atoms with Gasteiger partial charge in [-0.25, -0.2) is 4.79 Å². The normalized spacial score (nSPS) is 22.8. The fourth-order valence-electron chi connectivity index (χ4n) is 3.26. The predicted molar refractivity (Wildman–Crippen MR) is 89.1 cm³/mol. The SMILES string of the molecule is CC(=O)NCC1COC(=O)N1c1ccc2c(c1)CC[C@@H](C)N2C=O. The zero-order valence-electron chi connectivity index (χ0n) is 13.8. The summed E-state index contributed by atoms with van der Waals surface area (Å²) in [5, 5.41) is 2.72. The fourth-order valence-corrected chi connectivity index (χ4v) is 3.26. The number of benzene rings is 1. The van der Waals surface area contributed by atoms with Gasteiger partial charge in [0.1, 0.15) is 6.61 Å². The number of cyclic esters (lactones) is 1. The maximum absolute atomic E-state index is 12.1. The van der Waals surface area contributed by atoms with Gasteiger partial charge in [-0.1, -0.05) is 0 Å². The van der Waals surface area contributed by atoms with E-state index < -0.39 is 6.09 Å². The number of anilines is 2. The van der Waals surface area contributed by atoms with Crippen molar-refractivity contribution < 1.29 is 19.1 Å². The van der Waals surface area contributed by atoms with Gasteiger partial charge in [0.05, 0.1) is 6.04 Å². The Bertz CT molecular complexity index is 676. The molecule has 128 valence electrons. The zero-order valence-corrected chi connectivity index (χ0v) is 13.8. The van der Waals surface area contributed by atoms with Gasteiger partial charge in [0.25, 0.3) is 0 Å². The molecule has 1 aromatic rings. The standard InChI is InChI=1S/C17H21N3O4/c1-11-3-4-13-7-14(5-6-16(13)19(11)10-21)20-15(8-18-12(2)22)9-24-17(20)23/h5-7,10-11,15H,3-4,8-9H2,1-2H3,(H,18,22)/t11-,15?/m1/s1. The summed E-state index contributed by atoms with van der Waals surface area (Å²) >= 11 is 0. The number of nitrogens with zero attached hydrogens (tertiary/aromatic N) is 2. The average Bonchev–Trinajstić information content (AvgIpc) is 2.93. The molecule has 1 aromatic carbocycles. The molecule has 0 radical (unpaired) electrons. The topological polar surface area (TPSA) is 79.0 Å². The third-order valence-electron chi connectivity index (χ3n) is 4.59. The summed E-state index contributed by atoms with van der Waals surface area (Å²) in [5.41, 5.74) is 2.65. The molecule has 2 heterocycles. The largest absolute Gasteiger partial charge is 0.447 e. The first-order chi connectivity index (χ1) is 11.5. The second-order valence-corrected chi connectivity index (χ2v) is 6.25. The fraction of sp³-hybridized carbons (Fsp3) is 0.471. The van der Waals surface area contributed by atoms with Crippen LogP contribution in [0.1, 0.15) is 25.8 Å². The second kappa shape index (κ2) is 6.51. The van der Waals surface area contributed by atoms with E-state index in [-0.39, 0.29) is 24.6 Å².